The van der Waals surface area contributed by atoms with Gasteiger partial charge in [0.05, 0.1) is 0 Å². The van der Waals surface area contributed by atoms with Crippen molar-refractivity contribution in [3.63, 3.8) is 0 Å². The highest BCUT2D eigenvalue weighted by atomic mass is 32.2. The fourth-order valence-electron chi connectivity index (χ4n) is 1.35. The van der Waals surface area contributed by atoms with Crippen LogP contribution in [0.25, 0.3) is 0 Å². The molecule has 20 heavy (non-hydrogen) atoms. The summed E-state index contributed by atoms with van der Waals surface area (Å²) in [7, 11) is 0. The van der Waals surface area contributed by atoms with Crippen LogP contribution in [-0.2, 0) is 16.1 Å². The van der Waals surface area contributed by atoms with E-state index in [1.54, 1.807) is 6.08 Å². The highest BCUT2D eigenvalue weighted by Gasteiger charge is 2.20. The number of hydrogen-bond acceptors (Lipinski definition) is 4. The van der Waals surface area contributed by atoms with Gasteiger partial charge in [-0.2, -0.15) is 11.8 Å². The van der Waals surface area contributed by atoms with Gasteiger partial charge in [0.2, 0.25) is 0 Å². The molecule has 0 radical (unpaired) electrons. The van der Waals surface area contributed by atoms with Crippen molar-refractivity contribution in [1.82, 2.24) is 5.32 Å². The largest absolute Gasteiger partial charge is 0.480 e. The average Bonchev–Trinajstić information content (AvgIpc) is 2.45. The molecule has 1 aromatic carbocycles. The highest BCUT2D eigenvalue weighted by Crippen LogP contribution is 2.05. The molecule has 0 saturated heterocycles. The maximum Gasteiger partial charge on any atom is 0.408 e. The molecule has 1 amide bonds. The van der Waals surface area contributed by atoms with Crippen molar-refractivity contribution in [2.75, 3.05) is 11.5 Å². The van der Waals surface area contributed by atoms with Gasteiger partial charge in [0, 0.05) is 11.5 Å². The van der Waals surface area contributed by atoms with Gasteiger partial charge in [0.15, 0.2) is 0 Å². The van der Waals surface area contributed by atoms with Gasteiger partial charge < -0.3 is 15.2 Å². The van der Waals surface area contributed by atoms with Gasteiger partial charge in [-0.25, -0.2) is 9.59 Å². The van der Waals surface area contributed by atoms with E-state index in [9.17, 15) is 9.59 Å². The van der Waals surface area contributed by atoms with Gasteiger partial charge in [-0.3, -0.25) is 0 Å². The summed E-state index contributed by atoms with van der Waals surface area (Å²) in [5, 5.41) is 11.3. The third-order valence-electron chi connectivity index (χ3n) is 2.32. The molecule has 0 aliphatic carbocycles. The van der Waals surface area contributed by atoms with Crippen molar-refractivity contribution in [3.8, 4) is 0 Å². The Kier molecular flexibility index (Phi) is 7.27. The number of nitrogens with one attached hydrogen (secondary N) is 1. The summed E-state index contributed by atoms with van der Waals surface area (Å²) < 4.78 is 4.97. The summed E-state index contributed by atoms with van der Waals surface area (Å²) in [6.07, 6.45) is 0.942. The van der Waals surface area contributed by atoms with Gasteiger partial charge in [-0.05, 0) is 5.56 Å². The molecule has 0 bridgehead atoms. The zero-order valence-electron chi connectivity index (χ0n) is 11.0. The predicted octanol–water partition coefficient (Wildman–Crippen LogP) is 2.29. The van der Waals surface area contributed by atoms with Gasteiger partial charge in [0.25, 0.3) is 0 Å². The zero-order valence-corrected chi connectivity index (χ0v) is 11.8. The summed E-state index contributed by atoms with van der Waals surface area (Å²) in [5.74, 6) is -0.190. The fraction of sp³-hybridized carbons (Fsp3) is 0.286. The Hall–Kier alpha value is -1.95. The molecular formula is C14H17NO4S. The smallest absolute Gasteiger partial charge is 0.408 e. The Labute approximate surface area is 122 Å². The molecule has 1 atom stereocenters. The highest BCUT2D eigenvalue weighted by molar-refractivity contribution is 7.99. The van der Waals surface area contributed by atoms with Crippen LogP contribution in [0.2, 0.25) is 0 Å². The first-order valence-corrected chi connectivity index (χ1v) is 7.17. The number of carboxylic acid groups (broad SMARTS) is 1. The van der Waals surface area contributed by atoms with Crippen LogP contribution in [0.3, 0.4) is 0 Å². The lowest BCUT2D eigenvalue weighted by Crippen LogP contribution is -2.42. The molecule has 0 saturated carbocycles. The van der Waals surface area contributed by atoms with Gasteiger partial charge in [-0.1, -0.05) is 36.4 Å². The lowest BCUT2D eigenvalue weighted by Gasteiger charge is -2.13. The van der Waals surface area contributed by atoms with E-state index in [-0.39, 0.29) is 12.4 Å². The monoisotopic (exact) mass is 295 g/mol. The summed E-state index contributed by atoms with van der Waals surface area (Å²) in [6.45, 7) is 3.66. The second-order valence-corrected chi connectivity index (χ2v) is 5.00. The number of amides is 1. The lowest BCUT2D eigenvalue weighted by molar-refractivity contribution is -0.138. The molecule has 0 aliphatic rings. The van der Waals surface area contributed by atoms with Crippen LogP contribution in [0.5, 0.6) is 0 Å². The molecule has 0 spiro atoms. The maximum atomic E-state index is 11.5. The van der Waals surface area contributed by atoms with E-state index in [0.717, 1.165) is 5.56 Å². The average molecular weight is 295 g/mol. The number of ether oxygens (including phenoxy) is 1. The second-order valence-electron chi connectivity index (χ2n) is 3.92. The number of carbonyl (C=O) groups is 2. The summed E-state index contributed by atoms with van der Waals surface area (Å²) in [4.78, 5) is 22.5. The number of rotatable bonds is 8. The molecule has 0 heterocycles. The first kappa shape index (κ1) is 16.1. The molecule has 1 unspecified atom stereocenters. The van der Waals surface area contributed by atoms with Crippen molar-refractivity contribution in [2.45, 2.75) is 12.6 Å². The zero-order chi connectivity index (χ0) is 14.8. The summed E-state index contributed by atoms with van der Waals surface area (Å²) in [5.41, 5.74) is 0.843. The number of alkyl carbamates (subject to hydrolysis) is 1. The topological polar surface area (TPSA) is 75.6 Å². The number of thioether (sulfide) groups is 1. The Bertz CT molecular complexity index is 450. The van der Waals surface area contributed by atoms with Crippen LogP contribution in [-0.4, -0.2) is 34.7 Å². The van der Waals surface area contributed by atoms with E-state index in [1.807, 2.05) is 30.3 Å². The minimum absolute atomic E-state index is 0.110. The minimum Gasteiger partial charge on any atom is -0.480 e. The molecule has 0 fully saturated rings. The van der Waals surface area contributed by atoms with Crippen LogP contribution < -0.4 is 5.32 Å². The molecule has 2 N–H and O–H groups in total. The van der Waals surface area contributed by atoms with Gasteiger partial charge in [0.1, 0.15) is 12.6 Å². The Morgan fingerprint density at radius 3 is 2.70 bits per heavy atom. The van der Waals surface area contributed by atoms with Crippen molar-refractivity contribution < 1.29 is 19.4 Å². The second kappa shape index (κ2) is 9.03. The van der Waals surface area contributed by atoms with Crippen molar-refractivity contribution in [3.05, 3.63) is 48.6 Å². The van der Waals surface area contributed by atoms with Crippen LogP contribution in [0, 0.1) is 0 Å². The van der Waals surface area contributed by atoms with Crippen molar-refractivity contribution in [1.29, 1.82) is 0 Å². The van der Waals surface area contributed by atoms with Crippen LogP contribution in [0.1, 0.15) is 5.56 Å². The summed E-state index contributed by atoms with van der Waals surface area (Å²) >= 11 is 1.38. The Morgan fingerprint density at radius 1 is 1.40 bits per heavy atom. The third kappa shape index (κ3) is 6.29. The number of aliphatic carboxylic acids is 1. The van der Waals surface area contributed by atoms with Crippen molar-refractivity contribution in [2.24, 2.45) is 0 Å². The molecule has 1 rings (SSSR count). The number of benzene rings is 1. The van der Waals surface area contributed by atoms with E-state index in [4.69, 9.17) is 9.84 Å². The molecule has 0 aliphatic heterocycles. The first-order chi connectivity index (χ1) is 9.63. The Balaban J connectivity index is 2.37. The maximum absolute atomic E-state index is 11.5. The normalized spacial score (nSPS) is 11.4. The molecule has 5 nitrogen and oxygen atoms in total. The van der Waals surface area contributed by atoms with E-state index >= 15 is 0 Å². The standard InChI is InChI=1S/C14H17NO4S/c1-2-8-20-10-12(13(16)17)15-14(18)19-9-11-6-4-3-5-7-11/h2-7,12H,1,8-10H2,(H,15,18)(H,16,17). The number of carbonyl (C=O) groups excluding carboxylic acids is 1. The van der Waals surface area contributed by atoms with E-state index in [0.29, 0.717) is 5.75 Å². The molecule has 6 heteroatoms. The van der Waals surface area contributed by atoms with E-state index in [2.05, 4.69) is 11.9 Å². The summed E-state index contributed by atoms with van der Waals surface area (Å²) in [6, 6.07) is 8.21. The Morgan fingerprint density at radius 2 is 2.10 bits per heavy atom. The molecular weight excluding hydrogens is 278 g/mol. The molecule has 108 valence electrons. The third-order valence-corrected chi connectivity index (χ3v) is 3.36. The number of carboxylic acids is 1. The van der Waals surface area contributed by atoms with Gasteiger partial charge in [-0.15, -0.1) is 6.58 Å². The fourth-order valence-corrected chi connectivity index (χ4v) is 2.12. The lowest BCUT2D eigenvalue weighted by atomic mass is 10.2. The van der Waals surface area contributed by atoms with E-state index in [1.165, 1.54) is 11.8 Å². The SMILES string of the molecule is C=CCSCC(NC(=O)OCc1ccccc1)C(=O)O. The van der Waals surface area contributed by atoms with Gasteiger partial charge >= 0.3 is 12.1 Å². The van der Waals surface area contributed by atoms with Crippen LogP contribution >= 0.6 is 11.8 Å². The molecule has 0 aromatic heterocycles. The number of hydrogen-bond donors (Lipinski definition) is 2. The minimum atomic E-state index is -1.08. The quantitative estimate of drug-likeness (QED) is 0.568. The predicted molar refractivity (Wildman–Crippen MR) is 78.7 cm³/mol. The molecule has 1 aromatic rings. The van der Waals surface area contributed by atoms with Crippen LogP contribution in [0.4, 0.5) is 4.79 Å². The van der Waals surface area contributed by atoms with Crippen molar-refractivity contribution >= 4 is 23.8 Å². The first-order valence-electron chi connectivity index (χ1n) is 6.02. The van der Waals surface area contributed by atoms with Crippen LogP contribution in [0.15, 0.2) is 43.0 Å². The van der Waals surface area contributed by atoms with E-state index < -0.39 is 18.1 Å².